The summed E-state index contributed by atoms with van der Waals surface area (Å²) in [5.74, 6) is 0.995. The highest BCUT2D eigenvalue weighted by atomic mass is 19.1. The van der Waals surface area contributed by atoms with Crippen molar-refractivity contribution >= 4 is 5.91 Å². The van der Waals surface area contributed by atoms with Gasteiger partial charge in [0.2, 0.25) is 0 Å². The van der Waals surface area contributed by atoms with Crippen molar-refractivity contribution in [3.05, 3.63) is 41.7 Å². The van der Waals surface area contributed by atoms with Gasteiger partial charge in [0.05, 0.1) is 13.2 Å². The average Bonchev–Trinajstić information content (AvgIpc) is 3.36. The molecule has 2 heterocycles. The Balaban J connectivity index is 1.60. The van der Waals surface area contributed by atoms with E-state index < -0.39 is 5.82 Å². The van der Waals surface area contributed by atoms with E-state index in [9.17, 15) is 9.18 Å². The van der Waals surface area contributed by atoms with E-state index in [4.69, 9.17) is 4.74 Å². The Morgan fingerprint density at radius 3 is 2.88 bits per heavy atom. The number of hydrogen-bond donors (Lipinski definition) is 0. The van der Waals surface area contributed by atoms with Gasteiger partial charge in [-0.15, -0.1) is 10.2 Å². The standard InChI is InChI=1S/C19H23FN4O2/c1-26-17-8-7-14(10-15(17)20)19(25)24-9-3-2-4-16(24)18-22-21-12-23(18)11-13-5-6-13/h7-8,10,12-13,16H,2-6,9,11H2,1H3. The molecule has 1 aliphatic carbocycles. The van der Waals surface area contributed by atoms with Crippen LogP contribution in [0.15, 0.2) is 24.5 Å². The molecule has 1 saturated heterocycles. The Morgan fingerprint density at radius 2 is 2.15 bits per heavy atom. The Bertz CT molecular complexity index is 803. The Labute approximate surface area is 152 Å². The van der Waals surface area contributed by atoms with E-state index in [2.05, 4.69) is 14.8 Å². The minimum atomic E-state index is -0.524. The van der Waals surface area contributed by atoms with Gasteiger partial charge in [-0.05, 0) is 56.2 Å². The summed E-state index contributed by atoms with van der Waals surface area (Å²) in [6, 6.07) is 4.26. The lowest BCUT2D eigenvalue weighted by atomic mass is 9.99. The largest absolute Gasteiger partial charge is 0.494 e. The number of piperidine rings is 1. The zero-order valence-electron chi connectivity index (χ0n) is 14.9. The Morgan fingerprint density at radius 1 is 1.31 bits per heavy atom. The van der Waals surface area contributed by atoms with Gasteiger partial charge in [-0.25, -0.2) is 4.39 Å². The summed E-state index contributed by atoms with van der Waals surface area (Å²) < 4.78 is 21.1. The van der Waals surface area contributed by atoms with Crippen LogP contribution in [0.5, 0.6) is 5.75 Å². The second-order valence-electron chi connectivity index (χ2n) is 7.14. The van der Waals surface area contributed by atoms with Crippen molar-refractivity contribution in [3.63, 3.8) is 0 Å². The number of ether oxygens (including phenoxy) is 1. The van der Waals surface area contributed by atoms with Crippen molar-refractivity contribution in [2.24, 2.45) is 5.92 Å². The van der Waals surface area contributed by atoms with Gasteiger partial charge < -0.3 is 14.2 Å². The van der Waals surface area contributed by atoms with Crippen LogP contribution in [-0.4, -0.2) is 39.2 Å². The lowest BCUT2D eigenvalue weighted by Gasteiger charge is -2.35. The molecule has 1 aromatic heterocycles. The smallest absolute Gasteiger partial charge is 0.254 e. The molecular formula is C19H23FN4O2. The van der Waals surface area contributed by atoms with Crippen LogP contribution in [0.1, 0.15) is 54.3 Å². The molecule has 1 aromatic carbocycles. The molecule has 2 aliphatic rings. The van der Waals surface area contributed by atoms with Gasteiger partial charge in [0.25, 0.3) is 5.91 Å². The highest BCUT2D eigenvalue weighted by Crippen LogP contribution is 2.35. The minimum absolute atomic E-state index is 0.109. The fourth-order valence-electron chi connectivity index (χ4n) is 3.65. The zero-order chi connectivity index (χ0) is 18.1. The van der Waals surface area contributed by atoms with E-state index in [0.717, 1.165) is 31.6 Å². The number of hydrogen-bond acceptors (Lipinski definition) is 4. The Hall–Kier alpha value is -2.44. The van der Waals surface area contributed by atoms with E-state index >= 15 is 0 Å². The Kier molecular flexibility index (Phi) is 4.61. The molecule has 1 unspecified atom stereocenters. The van der Waals surface area contributed by atoms with E-state index in [1.807, 2.05) is 4.90 Å². The van der Waals surface area contributed by atoms with Crippen molar-refractivity contribution in [1.29, 1.82) is 0 Å². The number of amides is 1. The van der Waals surface area contributed by atoms with E-state index in [0.29, 0.717) is 18.0 Å². The number of carbonyl (C=O) groups excluding carboxylic acids is 1. The number of halogens is 1. The molecule has 7 heteroatoms. The summed E-state index contributed by atoms with van der Waals surface area (Å²) >= 11 is 0. The monoisotopic (exact) mass is 358 g/mol. The van der Waals surface area contributed by atoms with Gasteiger partial charge in [-0.2, -0.15) is 0 Å². The van der Waals surface area contributed by atoms with Gasteiger partial charge in [0.1, 0.15) is 6.33 Å². The van der Waals surface area contributed by atoms with Crippen molar-refractivity contribution in [1.82, 2.24) is 19.7 Å². The number of nitrogens with zero attached hydrogens (tertiary/aromatic N) is 4. The molecule has 0 radical (unpaired) electrons. The van der Waals surface area contributed by atoms with Crippen LogP contribution < -0.4 is 4.74 Å². The number of rotatable bonds is 5. The lowest BCUT2D eigenvalue weighted by molar-refractivity contribution is 0.0593. The van der Waals surface area contributed by atoms with Gasteiger partial charge in [-0.3, -0.25) is 4.79 Å². The molecule has 2 fully saturated rings. The molecule has 138 valence electrons. The van der Waals surface area contributed by atoms with Crippen molar-refractivity contribution in [2.75, 3.05) is 13.7 Å². The SMILES string of the molecule is COc1ccc(C(=O)N2CCCCC2c2nncn2CC2CC2)cc1F. The molecule has 6 nitrogen and oxygen atoms in total. The first-order chi connectivity index (χ1) is 12.7. The van der Waals surface area contributed by atoms with Crippen LogP contribution >= 0.6 is 0 Å². The fourth-order valence-corrected chi connectivity index (χ4v) is 3.65. The van der Waals surface area contributed by atoms with Crippen LogP contribution in [0, 0.1) is 11.7 Å². The summed E-state index contributed by atoms with van der Waals surface area (Å²) in [5, 5.41) is 8.40. The highest BCUT2D eigenvalue weighted by molar-refractivity contribution is 5.94. The fraction of sp³-hybridized carbons (Fsp3) is 0.526. The third-order valence-electron chi connectivity index (χ3n) is 5.26. The van der Waals surface area contributed by atoms with Crippen LogP contribution in [0.4, 0.5) is 4.39 Å². The molecule has 0 N–H and O–H groups in total. The van der Waals surface area contributed by atoms with Crippen molar-refractivity contribution in [3.8, 4) is 5.75 Å². The van der Waals surface area contributed by atoms with Crippen molar-refractivity contribution in [2.45, 2.75) is 44.7 Å². The molecule has 0 bridgehead atoms. The zero-order valence-corrected chi connectivity index (χ0v) is 14.9. The van der Waals surface area contributed by atoms with Crippen LogP contribution in [0.2, 0.25) is 0 Å². The van der Waals surface area contributed by atoms with Gasteiger partial charge in [-0.1, -0.05) is 0 Å². The molecule has 4 rings (SSSR count). The van der Waals surface area contributed by atoms with Crippen molar-refractivity contribution < 1.29 is 13.9 Å². The molecule has 1 aliphatic heterocycles. The molecule has 1 atom stereocenters. The number of methoxy groups -OCH3 is 1. The molecule has 0 spiro atoms. The first-order valence-electron chi connectivity index (χ1n) is 9.19. The number of carbonyl (C=O) groups is 1. The summed E-state index contributed by atoms with van der Waals surface area (Å²) in [6.07, 6.45) is 7.09. The number of aromatic nitrogens is 3. The highest BCUT2D eigenvalue weighted by Gasteiger charge is 2.33. The predicted octanol–water partition coefficient (Wildman–Crippen LogP) is 3.20. The number of benzene rings is 1. The maximum Gasteiger partial charge on any atom is 0.254 e. The van der Waals surface area contributed by atoms with E-state index in [-0.39, 0.29) is 17.7 Å². The molecule has 26 heavy (non-hydrogen) atoms. The third-order valence-corrected chi connectivity index (χ3v) is 5.26. The molecule has 1 amide bonds. The average molecular weight is 358 g/mol. The van der Waals surface area contributed by atoms with E-state index in [1.54, 1.807) is 12.4 Å². The van der Waals surface area contributed by atoms with Crippen LogP contribution in [0.3, 0.4) is 0 Å². The molecular weight excluding hydrogens is 335 g/mol. The maximum absolute atomic E-state index is 14.0. The first-order valence-corrected chi connectivity index (χ1v) is 9.19. The number of likely N-dealkylation sites (tertiary alicyclic amines) is 1. The van der Waals surface area contributed by atoms with Gasteiger partial charge in [0, 0.05) is 18.7 Å². The summed E-state index contributed by atoms with van der Waals surface area (Å²) in [6.45, 7) is 1.56. The minimum Gasteiger partial charge on any atom is -0.494 e. The van der Waals surface area contributed by atoms with Crippen LogP contribution in [0.25, 0.3) is 0 Å². The van der Waals surface area contributed by atoms with Gasteiger partial charge >= 0.3 is 0 Å². The summed E-state index contributed by atoms with van der Waals surface area (Å²) in [5.41, 5.74) is 0.337. The molecule has 1 saturated carbocycles. The maximum atomic E-state index is 14.0. The quantitative estimate of drug-likeness (QED) is 0.823. The summed E-state index contributed by atoms with van der Waals surface area (Å²) in [4.78, 5) is 14.9. The normalized spacial score (nSPS) is 20.2. The predicted molar refractivity (Wildman–Crippen MR) is 93.3 cm³/mol. The second kappa shape index (κ2) is 7.05. The second-order valence-corrected chi connectivity index (χ2v) is 7.14. The van der Waals surface area contributed by atoms with Crippen LogP contribution in [-0.2, 0) is 6.54 Å². The van der Waals surface area contributed by atoms with E-state index in [1.165, 1.54) is 32.1 Å². The first kappa shape index (κ1) is 17.0. The molecule has 2 aromatic rings. The summed E-state index contributed by atoms with van der Waals surface area (Å²) in [7, 11) is 1.41. The third kappa shape index (κ3) is 3.30. The van der Waals surface area contributed by atoms with Gasteiger partial charge in [0.15, 0.2) is 17.4 Å². The topological polar surface area (TPSA) is 60.2 Å². The lowest BCUT2D eigenvalue weighted by Crippen LogP contribution is -2.39.